The molecule has 0 amide bonds. The molecule has 0 bridgehead atoms. The number of aromatic nitrogens is 1. The minimum absolute atomic E-state index is 0.0462. The molecule has 4 heteroatoms. The van der Waals surface area contributed by atoms with Crippen LogP contribution in [0.1, 0.15) is 18.5 Å². The molecule has 0 aliphatic rings. The van der Waals surface area contributed by atoms with Crippen molar-refractivity contribution in [1.82, 2.24) is 4.98 Å². The SMILES string of the molecule is CC(Nc1cc(N)cc(F)c1)c1cccnc1. The maximum Gasteiger partial charge on any atom is 0.127 e. The highest BCUT2D eigenvalue weighted by molar-refractivity contribution is 5.55. The Bertz CT molecular complexity index is 479. The van der Waals surface area contributed by atoms with Crippen molar-refractivity contribution in [2.45, 2.75) is 13.0 Å². The summed E-state index contributed by atoms with van der Waals surface area (Å²) in [6.07, 6.45) is 3.50. The summed E-state index contributed by atoms with van der Waals surface area (Å²) in [7, 11) is 0. The van der Waals surface area contributed by atoms with Gasteiger partial charge >= 0.3 is 0 Å². The van der Waals surface area contributed by atoms with Crippen molar-refractivity contribution in [3.05, 3.63) is 54.1 Å². The van der Waals surface area contributed by atoms with Crippen LogP contribution in [0.25, 0.3) is 0 Å². The lowest BCUT2D eigenvalue weighted by molar-refractivity contribution is 0.628. The third-order valence-electron chi connectivity index (χ3n) is 2.49. The number of hydrogen-bond donors (Lipinski definition) is 2. The summed E-state index contributed by atoms with van der Waals surface area (Å²) in [5.74, 6) is -0.342. The maximum absolute atomic E-state index is 13.1. The summed E-state index contributed by atoms with van der Waals surface area (Å²) < 4.78 is 13.1. The molecule has 0 aliphatic heterocycles. The molecule has 88 valence electrons. The van der Waals surface area contributed by atoms with E-state index in [0.29, 0.717) is 11.4 Å². The molecule has 1 unspecified atom stereocenters. The first kappa shape index (κ1) is 11.4. The lowest BCUT2D eigenvalue weighted by Crippen LogP contribution is -2.07. The Morgan fingerprint density at radius 2 is 2.18 bits per heavy atom. The average molecular weight is 231 g/mol. The first-order chi connectivity index (χ1) is 8.15. The number of nitrogens with two attached hydrogens (primary N) is 1. The fraction of sp³-hybridized carbons (Fsp3) is 0.154. The number of nitrogen functional groups attached to an aromatic ring is 1. The molecule has 3 nitrogen and oxygen atoms in total. The average Bonchev–Trinajstić information content (AvgIpc) is 2.28. The van der Waals surface area contributed by atoms with Gasteiger partial charge in [-0.15, -0.1) is 0 Å². The third kappa shape index (κ3) is 2.93. The van der Waals surface area contributed by atoms with Crippen LogP contribution >= 0.6 is 0 Å². The second kappa shape index (κ2) is 4.82. The van der Waals surface area contributed by atoms with Crippen molar-refractivity contribution in [2.75, 3.05) is 11.1 Å². The molecule has 0 fully saturated rings. The van der Waals surface area contributed by atoms with Gasteiger partial charge in [0, 0.05) is 23.8 Å². The van der Waals surface area contributed by atoms with E-state index in [1.165, 1.54) is 12.1 Å². The lowest BCUT2D eigenvalue weighted by atomic mass is 10.1. The largest absolute Gasteiger partial charge is 0.399 e. The second-order valence-electron chi connectivity index (χ2n) is 3.93. The van der Waals surface area contributed by atoms with Gasteiger partial charge in [0.1, 0.15) is 5.82 Å². The zero-order valence-electron chi connectivity index (χ0n) is 9.52. The van der Waals surface area contributed by atoms with Crippen molar-refractivity contribution < 1.29 is 4.39 Å². The molecule has 3 N–H and O–H groups in total. The van der Waals surface area contributed by atoms with Crippen molar-refractivity contribution in [1.29, 1.82) is 0 Å². The zero-order valence-corrected chi connectivity index (χ0v) is 9.52. The number of halogens is 1. The van der Waals surface area contributed by atoms with E-state index in [2.05, 4.69) is 10.3 Å². The zero-order chi connectivity index (χ0) is 12.3. The topological polar surface area (TPSA) is 50.9 Å². The highest BCUT2D eigenvalue weighted by Crippen LogP contribution is 2.21. The third-order valence-corrected chi connectivity index (χ3v) is 2.49. The molecule has 0 aliphatic carbocycles. The van der Waals surface area contributed by atoms with Gasteiger partial charge in [0.15, 0.2) is 0 Å². The molecule has 17 heavy (non-hydrogen) atoms. The van der Waals surface area contributed by atoms with Crippen molar-refractivity contribution in [3.8, 4) is 0 Å². The lowest BCUT2D eigenvalue weighted by Gasteiger charge is -2.15. The van der Waals surface area contributed by atoms with Gasteiger partial charge in [0.2, 0.25) is 0 Å². The van der Waals surface area contributed by atoms with E-state index in [0.717, 1.165) is 5.56 Å². The summed E-state index contributed by atoms with van der Waals surface area (Å²) in [6.45, 7) is 1.98. The summed E-state index contributed by atoms with van der Waals surface area (Å²) in [5, 5.41) is 3.18. The van der Waals surface area contributed by atoms with Gasteiger partial charge in [-0.25, -0.2) is 4.39 Å². The van der Waals surface area contributed by atoms with Gasteiger partial charge in [0.05, 0.1) is 6.04 Å². The van der Waals surface area contributed by atoms with E-state index in [4.69, 9.17) is 5.73 Å². The standard InChI is InChI=1S/C13H14FN3/c1-9(10-3-2-4-16-8-10)17-13-6-11(14)5-12(15)7-13/h2-9,17H,15H2,1H3. The van der Waals surface area contributed by atoms with Gasteiger partial charge in [-0.3, -0.25) is 4.98 Å². The normalized spacial score (nSPS) is 12.1. The Morgan fingerprint density at radius 3 is 2.82 bits per heavy atom. The minimum Gasteiger partial charge on any atom is -0.399 e. The molecular formula is C13H14FN3. The van der Waals surface area contributed by atoms with E-state index < -0.39 is 0 Å². The number of pyridine rings is 1. The molecular weight excluding hydrogens is 217 g/mol. The Morgan fingerprint density at radius 1 is 1.35 bits per heavy atom. The molecule has 1 aromatic heterocycles. The van der Waals surface area contributed by atoms with Crippen LogP contribution in [0, 0.1) is 5.82 Å². The smallest absolute Gasteiger partial charge is 0.127 e. The Labute approximate surface area is 99.5 Å². The van der Waals surface area contributed by atoms with Gasteiger partial charge in [-0.05, 0) is 36.8 Å². The predicted octanol–water partition coefficient (Wildman–Crippen LogP) is 2.98. The molecule has 1 aromatic carbocycles. The predicted molar refractivity (Wildman–Crippen MR) is 67.1 cm³/mol. The maximum atomic E-state index is 13.1. The van der Waals surface area contributed by atoms with Gasteiger partial charge < -0.3 is 11.1 Å². The van der Waals surface area contributed by atoms with Gasteiger partial charge in [0.25, 0.3) is 0 Å². The number of benzene rings is 1. The van der Waals surface area contributed by atoms with E-state index in [1.54, 1.807) is 18.5 Å². The number of nitrogens with one attached hydrogen (secondary N) is 1. The molecule has 0 radical (unpaired) electrons. The molecule has 2 rings (SSSR count). The quantitative estimate of drug-likeness (QED) is 0.798. The monoisotopic (exact) mass is 231 g/mol. The number of anilines is 2. The Kier molecular flexibility index (Phi) is 3.23. The molecule has 0 saturated heterocycles. The minimum atomic E-state index is -0.342. The second-order valence-corrected chi connectivity index (χ2v) is 3.93. The fourth-order valence-electron chi connectivity index (χ4n) is 1.66. The van der Waals surface area contributed by atoms with E-state index in [1.807, 2.05) is 19.1 Å². The van der Waals surface area contributed by atoms with Crippen LogP contribution in [-0.4, -0.2) is 4.98 Å². The van der Waals surface area contributed by atoms with E-state index in [-0.39, 0.29) is 11.9 Å². The molecule has 2 aromatic rings. The van der Waals surface area contributed by atoms with Crippen molar-refractivity contribution in [3.63, 3.8) is 0 Å². The highest BCUT2D eigenvalue weighted by Gasteiger charge is 2.06. The first-order valence-corrected chi connectivity index (χ1v) is 5.37. The van der Waals surface area contributed by atoms with Gasteiger partial charge in [-0.2, -0.15) is 0 Å². The van der Waals surface area contributed by atoms with E-state index in [9.17, 15) is 4.39 Å². The summed E-state index contributed by atoms with van der Waals surface area (Å²) >= 11 is 0. The van der Waals surface area contributed by atoms with Crippen LogP contribution in [-0.2, 0) is 0 Å². The first-order valence-electron chi connectivity index (χ1n) is 5.37. The highest BCUT2D eigenvalue weighted by atomic mass is 19.1. The van der Waals surface area contributed by atoms with E-state index >= 15 is 0 Å². The van der Waals surface area contributed by atoms with Crippen LogP contribution in [0.15, 0.2) is 42.7 Å². The number of nitrogens with zero attached hydrogens (tertiary/aromatic N) is 1. The summed E-state index contributed by atoms with van der Waals surface area (Å²) in [4.78, 5) is 4.04. The van der Waals surface area contributed by atoms with Gasteiger partial charge in [-0.1, -0.05) is 6.07 Å². The van der Waals surface area contributed by atoms with Crippen LogP contribution in [0.2, 0.25) is 0 Å². The summed E-state index contributed by atoms with van der Waals surface area (Å²) in [5.41, 5.74) is 7.69. The Hall–Kier alpha value is -2.10. The Balaban J connectivity index is 2.16. The number of hydrogen-bond acceptors (Lipinski definition) is 3. The fourth-order valence-corrected chi connectivity index (χ4v) is 1.66. The van der Waals surface area contributed by atoms with Crippen molar-refractivity contribution in [2.24, 2.45) is 0 Å². The van der Waals surface area contributed by atoms with Crippen LogP contribution in [0.3, 0.4) is 0 Å². The summed E-state index contributed by atoms with van der Waals surface area (Å²) in [6, 6.07) is 8.30. The van der Waals surface area contributed by atoms with Crippen molar-refractivity contribution >= 4 is 11.4 Å². The van der Waals surface area contributed by atoms with Crippen LogP contribution in [0.5, 0.6) is 0 Å². The van der Waals surface area contributed by atoms with Crippen LogP contribution in [0.4, 0.5) is 15.8 Å². The molecule has 0 spiro atoms. The molecule has 1 heterocycles. The molecule has 1 atom stereocenters. The molecule has 0 saturated carbocycles. The van der Waals surface area contributed by atoms with Crippen LogP contribution < -0.4 is 11.1 Å². The number of rotatable bonds is 3.